The molecule has 2 rings (SSSR count). The van der Waals surface area contributed by atoms with Crippen LogP contribution in [-0.4, -0.2) is 28.5 Å². The molecule has 1 fully saturated rings. The monoisotopic (exact) mass is 557 g/mol. The molecule has 0 aromatic carbocycles. The smallest absolute Gasteiger partial charge is 0.383 e. The number of halogens is 6. The summed E-state index contributed by atoms with van der Waals surface area (Å²) in [5.41, 5.74) is 2.28. The van der Waals surface area contributed by atoms with E-state index in [0.717, 1.165) is 36.8 Å². The van der Waals surface area contributed by atoms with Gasteiger partial charge >= 0.3 is 6.18 Å². The molecule has 0 radical (unpaired) electrons. The highest BCUT2D eigenvalue weighted by Gasteiger charge is 2.48. The van der Waals surface area contributed by atoms with Crippen LogP contribution in [0.1, 0.15) is 98.2 Å². The van der Waals surface area contributed by atoms with Gasteiger partial charge in [0.05, 0.1) is 15.7 Å². The number of pyridine rings is 1. The Morgan fingerprint density at radius 2 is 1.72 bits per heavy atom. The fourth-order valence-corrected chi connectivity index (χ4v) is 5.73. The van der Waals surface area contributed by atoms with Gasteiger partial charge in [0.2, 0.25) is 0 Å². The Labute approximate surface area is 225 Å². The van der Waals surface area contributed by atoms with Gasteiger partial charge in [-0.1, -0.05) is 89.7 Å². The van der Waals surface area contributed by atoms with Gasteiger partial charge in [-0.2, -0.15) is 13.2 Å². The molecule has 36 heavy (non-hydrogen) atoms. The molecule has 8 heteroatoms. The maximum atomic E-state index is 13.3. The summed E-state index contributed by atoms with van der Waals surface area (Å²) < 4.78 is 51.5. The summed E-state index contributed by atoms with van der Waals surface area (Å²) in [5, 5.41) is 10.5. The molecule has 0 spiro atoms. The Kier molecular flexibility index (Phi) is 15.2. The summed E-state index contributed by atoms with van der Waals surface area (Å²) >= 11 is 12.3. The predicted molar refractivity (Wildman–Crippen MR) is 145 cm³/mol. The van der Waals surface area contributed by atoms with Crippen LogP contribution in [0.15, 0.2) is 18.3 Å². The van der Waals surface area contributed by atoms with Crippen LogP contribution in [0.2, 0.25) is 10.0 Å². The topological polar surface area (TPSA) is 33.1 Å². The maximum absolute atomic E-state index is 13.3. The van der Waals surface area contributed by atoms with Crippen LogP contribution in [0.25, 0.3) is 0 Å². The number of aliphatic hydroxyl groups excluding tert-OH is 1. The third-order valence-electron chi connectivity index (χ3n) is 7.09. The lowest BCUT2D eigenvalue weighted by atomic mass is 9.64. The second-order valence-corrected chi connectivity index (χ2v) is 11.1. The first-order chi connectivity index (χ1) is 16.1. The van der Waals surface area contributed by atoms with Gasteiger partial charge in [0, 0.05) is 12.1 Å². The predicted octanol–water partition coefficient (Wildman–Crippen LogP) is 10.0. The van der Waals surface area contributed by atoms with Crippen LogP contribution in [0, 0.1) is 23.7 Å². The standard InChI is InChI=1S/C14H25F3O.C13H16Cl2FN.CH4/c1-4-6-11-10(9(2)3)7-5-8-12(11)13(18)14(15,16)17;1-7(2)5-10-11(14)6-17-13(12(10)15)8(3)9(4)16;/h9-13,18H,4-8H2,1-3H3;6,8-9H,1,5H2,2-4H3;1H4/t10?,11?,12?,13-;;/m0../s1. The van der Waals surface area contributed by atoms with E-state index < -0.39 is 24.4 Å². The van der Waals surface area contributed by atoms with Crippen LogP contribution in [0.5, 0.6) is 0 Å². The number of nitrogens with zero attached hydrogens (tertiary/aromatic N) is 1. The van der Waals surface area contributed by atoms with Crippen molar-refractivity contribution in [2.24, 2.45) is 23.7 Å². The minimum Gasteiger partial charge on any atom is -0.383 e. The molecule has 1 aliphatic carbocycles. The zero-order valence-electron chi connectivity index (χ0n) is 21.7. The molecular weight excluding hydrogens is 513 g/mol. The number of aliphatic hydroxyl groups is 1. The van der Waals surface area contributed by atoms with E-state index in [1.54, 1.807) is 6.92 Å². The van der Waals surface area contributed by atoms with Crippen LogP contribution in [0.4, 0.5) is 17.6 Å². The first-order valence-corrected chi connectivity index (χ1v) is 13.2. The van der Waals surface area contributed by atoms with Gasteiger partial charge in [0.1, 0.15) is 6.17 Å². The second kappa shape index (κ2) is 15.5. The number of hydrogen-bond donors (Lipinski definition) is 1. The van der Waals surface area contributed by atoms with Gasteiger partial charge < -0.3 is 5.11 Å². The Morgan fingerprint density at radius 1 is 1.17 bits per heavy atom. The third kappa shape index (κ3) is 9.79. The van der Waals surface area contributed by atoms with E-state index in [4.69, 9.17) is 23.2 Å². The summed E-state index contributed by atoms with van der Waals surface area (Å²) in [6, 6.07) is 0. The lowest BCUT2D eigenvalue weighted by molar-refractivity contribution is -0.231. The Balaban J connectivity index is 0.000000663. The molecule has 1 aliphatic rings. The quantitative estimate of drug-likeness (QED) is 0.254. The third-order valence-corrected chi connectivity index (χ3v) is 7.84. The number of aromatic nitrogens is 1. The molecule has 0 bridgehead atoms. The van der Waals surface area contributed by atoms with Crippen molar-refractivity contribution < 1.29 is 22.7 Å². The molecule has 5 unspecified atom stereocenters. The fraction of sp³-hybridized carbons (Fsp3) is 0.750. The number of allylic oxidation sites excluding steroid dienone is 1. The molecule has 0 amide bonds. The van der Waals surface area contributed by atoms with E-state index in [9.17, 15) is 22.7 Å². The highest BCUT2D eigenvalue weighted by Crippen LogP contribution is 2.45. The average molecular weight is 559 g/mol. The largest absolute Gasteiger partial charge is 0.414 e. The molecule has 1 aromatic rings. The molecule has 1 N–H and O–H groups in total. The zero-order valence-corrected chi connectivity index (χ0v) is 23.2. The Hall–Kier alpha value is -0.850. The molecular formula is C28H45Cl2F4NO. The van der Waals surface area contributed by atoms with Gasteiger partial charge in [0.15, 0.2) is 6.10 Å². The van der Waals surface area contributed by atoms with E-state index in [0.29, 0.717) is 40.4 Å². The minimum absolute atomic E-state index is 0. The van der Waals surface area contributed by atoms with Gasteiger partial charge in [-0.15, -0.1) is 0 Å². The molecule has 1 aromatic heterocycles. The summed E-state index contributed by atoms with van der Waals surface area (Å²) in [5.74, 6) is -0.222. The van der Waals surface area contributed by atoms with Crippen LogP contribution < -0.4 is 0 Å². The first-order valence-electron chi connectivity index (χ1n) is 12.5. The van der Waals surface area contributed by atoms with Crippen molar-refractivity contribution in [3.63, 3.8) is 0 Å². The summed E-state index contributed by atoms with van der Waals surface area (Å²) in [6.45, 7) is 15.1. The normalized spacial score (nSPS) is 22.7. The molecule has 0 saturated heterocycles. The summed E-state index contributed by atoms with van der Waals surface area (Å²) in [4.78, 5) is 4.13. The van der Waals surface area contributed by atoms with Crippen molar-refractivity contribution in [3.05, 3.63) is 39.7 Å². The van der Waals surface area contributed by atoms with Gasteiger partial charge in [0.25, 0.3) is 0 Å². The molecule has 1 heterocycles. The van der Waals surface area contributed by atoms with E-state index >= 15 is 0 Å². The maximum Gasteiger partial charge on any atom is 0.414 e. The summed E-state index contributed by atoms with van der Waals surface area (Å²) in [6.07, 6.45) is -1.51. The Morgan fingerprint density at radius 3 is 2.17 bits per heavy atom. The van der Waals surface area contributed by atoms with E-state index in [1.807, 2.05) is 13.8 Å². The fourth-order valence-electron chi connectivity index (χ4n) is 5.08. The minimum atomic E-state index is -4.48. The van der Waals surface area contributed by atoms with Crippen molar-refractivity contribution in [1.29, 1.82) is 0 Å². The molecule has 0 aliphatic heterocycles. The lowest BCUT2D eigenvalue weighted by Gasteiger charge is -2.42. The van der Waals surface area contributed by atoms with Crippen molar-refractivity contribution in [2.75, 3.05) is 0 Å². The van der Waals surface area contributed by atoms with E-state index in [1.165, 1.54) is 13.1 Å². The highest BCUT2D eigenvalue weighted by molar-refractivity contribution is 6.36. The van der Waals surface area contributed by atoms with Crippen molar-refractivity contribution in [1.82, 2.24) is 4.98 Å². The second-order valence-electron chi connectivity index (χ2n) is 10.3. The first kappa shape index (κ1) is 35.2. The van der Waals surface area contributed by atoms with E-state index in [-0.39, 0.29) is 19.3 Å². The molecule has 210 valence electrons. The van der Waals surface area contributed by atoms with Crippen LogP contribution >= 0.6 is 23.2 Å². The van der Waals surface area contributed by atoms with Gasteiger partial charge in [-0.05, 0) is 62.3 Å². The molecule has 1 saturated carbocycles. The van der Waals surface area contributed by atoms with E-state index in [2.05, 4.69) is 25.4 Å². The lowest BCUT2D eigenvalue weighted by Crippen LogP contribution is -2.44. The number of rotatable bonds is 8. The molecule has 2 nitrogen and oxygen atoms in total. The van der Waals surface area contributed by atoms with Crippen LogP contribution in [-0.2, 0) is 6.42 Å². The number of hydrogen-bond acceptors (Lipinski definition) is 2. The average Bonchev–Trinajstić information content (AvgIpc) is 2.75. The molecule has 6 atom stereocenters. The van der Waals surface area contributed by atoms with Crippen molar-refractivity contribution in [3.8, 4) is 0 Å². The zero-order chi connectivity index (χ0) is 27.1. The van der Waals surface area contributed by atoms with Gasteiger partial charge in [-0.3, -0.25) is 4.98 Å². The Bertz CT molecular complexity index is 807. The van der Waals surface area contributed by atoms with Crippen molar-refractivity contribution in [2.45, 2.75) is 112 Å². The number of alkyl halides is 4. The van der Waals surface area contributed by atoms with Crippen molar-refractivity contribution >= 4 is 23.2 Å². The van der Waals surface area contributed by atoms with Crippen LogP contribution in [0.3, 0.4) is 0 Å². The van der Waals surface area contributed by atoms with Gasteiger partial charge in [-0.25, -0.2) is 4.39 Å². The summed E-state index contributed by atoms with van der Waals surface area (Å²) in [7, 11) is 0. The highest BCUT2D eigenvalue weighted by atomic mass is 35.5. The SMILES string of the molecule is C.C=C(C)Cc1c(Cl)cnc(C(C)C(C)F)c1Cl.CCCC1C(C(C)C)CCCC1[C@H](O)C(F)(F)F.